The van der Waals surface area contributed by atoms with Crippen LogP contribution in [0.2, 0.25) is 0 Å². The molecule has 2 rings (SSSR count). The van der Waals surface area contributed by atoms with Gasteiger partial charge in [0.1, 0.15) is 0 Å². The third-order valence-corrected chi connectivity index (χ3v) is 3.61. The van der Waals surface area contributed by atoms with E-state index in [1.807, 2.05) is 11.8 Å². The van der Waals surface area contributed by atoms with Crippen LogP contribution in [0.5, 0.6) is 0 Å². The van der Waals surface area contributed by atoms with E-state index in [0.717, 1.165) is 13.1 Å². The molecule has 0 radical (unpaired) electrons. The Morgan fingerprint density at radius 3 is 2.83 bits per heavy atom. The molecule has 0 aliphatic heterocycles. The van der Waals surface area contributed by atoms with E-state index in [9.17, 15) is 4.79 Å². The molecule has 94 valence electrons. The Hall–Kier alpha value is -1.82. The number of rotatable bonds is 4. The van der Waals surface area contributed by atoms with Gasteiger partial charge in [-0.25, -0.2) is 0 Å². The number of nitrogens with zero attached hydrogens (tertiary/aromatic N) is 2. The number of hydrogen-bond donors (Lipinski definition) is 0. The quantitative estimate of drug-likeness (QED) is 0.815. The summed E-state index contributed by atoms with van der Waals surface area (Å²) >= 11 is 0. The highest BCUT2D eigenvalue weighted by molar-refractivity contribution is 5.94. The summed E-state index contributed by atoms with van der Waals surface area (Å²) in [5, 5.41) is 8.86. The van der Waals surface area contributed by atoms with Crippen LogP contribution in [0.4, 0.5) is 0 Å². The Bertz CT molecular complexity index is 472. The van der Waals surface area contributed by atoms with Crippen molar-refractivity contribution in [3.05, 3.63) is 35.4 Å². The minimum atomic E-state index is 0.0431. The highest BCUT2D eigenvalue weighted by atomic mass is 16.2. The lowest BCUT2D eigenvalue weighted by Crippen LogP contribution is -2.37. The van der Waals surface area contributed by atoms with Gasteiger partial charge >= 0.3 is 0 Å². The molecule has 0 aromatic heterocycles. The van der Waals surface area contributed by atoms with Crippen LogP contribution < -0.4 is 0 Å². The third kappa shape index (κ3) is 2.70. The van der Waals surface area contributed by atoms with Gasteiger partial charge in [0, 0.05) is 18.7 Å². The molecule has 1 aromatic carbocycles. The van der Waals surface area contributed by atoms with Gasteiger partial charge in [-0.05, 0) is 43.9 Å². The molecule has 0 saturated heterocycles. The first-order chi connectivity index (χ1) is 8.74. The fraction of sp³-hybridized carbons (Fsp3) is 0.467. The van der Waals surface area contributed by atoms with Crippen molar-refractivity contribution < 1.29 is 4.79 Å². The highest BCUT2D eigenvalue weighted by Crippen LogP contribution is 2.27. The summed E-state index contributed by atoms with van der Waals surface area (Å²) in [4.78, 5) is 14.2. The first kappa shape index (κ1) is 12.6. The molecule has 1 aromatic rings. The van der Waals surface area contributed by atoms with Crippen LogP contribution in [-0.2, 0) is 0 Å². The van der Waals surface area contributed by atoms with Crippen molar-refractivity contribution in [1.29, 1.82) is 5.26 Å². The SMILES string of the molecule is CCN(CC1CCC1)C(=O)c1cccc(C#N)c1. The number of hydrogen-bond acceptors (Lipinski definition) is 2. The van der Waals surface area contributed by atoms with Crippen molar-refractivity contribution in [2.45, 2.75) is 26.2 Å². The summed E-state index contributed by atoms with van der Waals surface area (Å²) in [7, 11) is 0. The molecule has 1 fully saturated rings. The molecule has 0 atom stereocenters. The second-order valence-corrected chi connectivity index (χ2v) is 4.83. The monoisotopic (exact) mass is 242 g/mol. The summed E-state index contributed by atoms with van der Waals surface area (Å²) in [6, 6.07) is 9.02. The second kappa shape index (κ2) is 5.68. The number of amides is 1. The molecular weight excluding hydrogens is 224 g/mol. The molecular formula is C15H18N2O. The number of nitriles is 1. The van der Waals surface area contributed by atoms with Gasteiger partial charge in [0.25, 0.3) is 5.91 Å². The van der Waals surface area contributed by atoms with Gasteiger partial charge in [-0.15, -0.1) is 0 Å². The van der Waals surface area contributed by atoms with E-state index in [1.54, 1.807) is 24.3 Å². The predicted octanol–water partition coefficient (Wildman–Crippen LogP) is 2.82. The van der Waals surface area contributed by atoms with E-state index in [0.29, 0.717) is 17.0 Å². The van der Waals surface area contributed by atoms with Crippen LogP contribution in [0.15, 0.2) is 24.3 Å². The van der Waals surface area contributed by atoms with Crippen molar-refractivity contribution >= 4 is 5.91 Å². The van der Waals surface area contributed by atoms with Crippen molar-refractivity contribution in [2.24, 2.45) is 5.92 Å². The first-order valence-corrected chi connectivity index (χ1v) is 6.54. The number of carbonyl (C=O) groups is 1. The lowest BCUT2D eigenvalue weighted by Gasteiger charge is -2.31. The van der Waals surface area contributed by atoms with Crippen LogP contribution in [0.25, 0.3) is 0 Å². The summed E-state index contributed by atoms with van der Waals surface area (Å²) in [5.41, 5.74) is 1.16. The Labute approximate surface area is 108 Å². The molecule has 1 saturated carbocycles. The van der Waals surface area contributed by atoms with Crippen LogP contribution in [0.1, 0.15) is 42.1 Å². The van der Waals surface area contributed by atoms with Gasteiger partial charge in [-0.2, -0.15) is 5.26 Å². The standard InChI is InChI=1S/C15H18N2O/c1-2-17(11-12-5-3-6-12)15(18)14-8-4-7-13(9-14)10-16/h4,7-9,12H,2-3,5-6,11H2,1H3. The van der Waals surface area contributed by atoms with Crippen LogP contribution in [0.3, 0.4) is 0 Å². The Kier molecular flexibility index (Phi) is 3.99. The zero-order chi connectivity index (χ0) is 13.0. The smallest absolute Gasteiger partial charge is 0.253 e. The first-order valence-electron chi connectivity index (χ1n) is 6.54. The number of carbonyl (C=O) groups excluding carboxylic acids is 1. The van der Waals surface area contributed by atoms with Gasteiger partial charge in [0.15, 0.2) is 0 Å². The van der Waals surface area contributed by atoms with Crippen molar-refractivity contribution in [2.75, 3.05) is 13.1 Å². The Balaban J connectivity index is 2.09. The van der Waals surface area contributed by atoms with Crippen LogP contribution in [0, 0.1) is 17.2 Å². The van der Waals surface area contributed by atoms with E-state index in [-0.39, 0.29) is 5.91 Å². The van der Waals surface area contributed by atoms with Gasteiger partial charge in [-0.1, -0.05) is 12.5 Å². The fourth-order valence-corrected chi connectivity index (χ4v) is 2.25. The Morgan fingerprint density at radius 1 is 1.50 bits per heavy atom. The summed E-state index contributed by atoms with van der Waals surface area (Å²) < 4.78 is 0. The van der Waals surface area contributed by atoms with E-state index < -0.39 is 0 Å². The second-order valence-electron chi connectivity index (χ2n) is 4.83. The topological polar surface area (TPSA) is 44.1 Å². The van der Waals surface area contributed by atoms with Crippen molar-refractivity contribution in [1.82, 2.24) is 4.90 Å². The molecule has 1 aliphatic carbocycles. The maximum absolute atomic E-state index is 12.3. The van der Waals surface area contributed by atoms with Crippen molar-refractivity contribution in [3.63, 3.8) is 0 Å². The number of benzene rings is 1. The van der Waals surface area contributed by atoms with Crippen LogP contribution in [-0.4, -0.2) is 23.9 Å². The molecule has 1 aliphatic rings. The average molecular weight is 242 g/mol. The molecule has 3 nitrogen and oxygen atoms in total. The van der Waals surface area contributed by atoms with E-state index >= 15 is 0 Å². The lowest BCUT2D eigenvalue weighted by atomic mass is 9.85. The molecule has 0 spiro atoms. The highest BCUT2D eigenvalue weighted by Gasteiger charge is 2.23. The minimum absolute atomic E-state index is 0.0431. The normalized spacial score (nSPS) is 14.7. The molecule has 0 N–H and O–H groups in total. The summed E-state index contributed by atoms with van der Waals surface area (Å²) in [6.07, 6.45) is 3.77. The molecule has 3 heteroatoms. The fourth-order valence-electron chi connectivity index (χ4n) is 2.25. The summed E-state index contributed by atoms with van der Waals surface area (Å²) in [5.74, 6) is 0.717. The molecule has 0 heterocycles. The van der Waals surface area contributed by atoms with E-state index in [2.05, 4.69) is 6.07 Å². The van der Waals surface area contributed by atoms with Crippen LogP contribution >= 0.6 is 0 Å². The zero-order valence-electron chi connectivity index (χ0n) is 10.7. The maximum atomic E-state index is 12.3. The summed E-state index contributed by atoms with van der Waals surface area (Å²) in [6.45, 7) is 3.59. The third-order valence-electron chi connectivity index (χ3n) is 3.61. The predicted molar refractivity (Wildman–Crippen MR) is 70.1 cm³/mol. The molecule has 1 amide bonds. The van der Waals surface area contributed by atoms with Crippen molar-refractivity contribution in [3.8, 4) is 6.07 Å². The van der Waals surface area contributed by atoms with Gasteiger partial charge in [0.2, 0.25) is 0 Å². The van der Waals surface area contributed by atoms with E-state index in [4.69, 9.17) is 5.26 Å². The van der Waals surface area contributed by atoms with Gasteiger partial charge in [-0.3, -0.25) is 4.79 Å². The molecule has 0 unspecified atom stereocenters. The van der Waals surface area contributed by atoms with Gasteiger partial charge in [0.05, 0.1) is 11.6 Å². The molecule has 18 heavy (non-hydrogen) atoms. The van der Waals surface area contributed by atoms with E-state index in [1.165, 1.54) is 19.3 Å². The lowest BCUT2D eigenvalue weighted by molar-refractivity contribution is 0.0706. The van der Waals surface area contributed by atoms with Gasteiger partial charge < -0.3 is 4.90 Å². The largest absolute Gasteiger partial charge is 0.339 e. The Morgan fingerprint density at radius 2 is 2.28 bits per heavy atom. The zero-order valence-corrected chi connectivity index (χ0v) is 10.7. The maximum Gasteiger partial charge on any atom is 0.253 e. The average Bonchev–Trinajstić information content (AvgIpc) is 2.37. The minimum Gasteiger partial charge on any atom is -0.339 e. The molecule has 0 bridgehead atoms.